The summed E-state index contributed by atoms with van der Waals surface area (Å²) >= 11 is 0. The predicted molar refractivity (Wildman–Crippen MR) is 108 cm³/mol. The van der Waals surface area contributed by atoms with Crippen molar-refractivity contribution >= 4 is 29.1 Å². The first-order valence-electron chi connectivity index (χ1n) is 9.54. The maximum atomic E-state index is 12.8. The first kappa shape index (κ1) is 20.4. The normalized spacial score (nSPS) is 14.8. The Bertz CT molecular complexity index is 892. The molecule has 1 aliphatic rings. The molecule has 1 atom stereocenters. The van der Waals surface area contributed by atoms with Crippen LogP contribution in [0, 0.1) is 5.92 Å². The van der Waals surface area contributed by atoms with Crippen LogP contribution in [0.25, 0.3) is 0 Å². The molecule has 0 bridgehead atoms. The second-order valence-electron chi connectivity index (χ2n) is 7.20. The van der Waals surface area contributed by atoms with E-state index in [1.54, 1.807) is 29.2 Å². The number of amides is 3. The summed E-state index contributed by atoms with van der Waals surface area (Å²) in [6, 6.07) is 7.53. The second kappa shape index (κ2) is 8.81. The van der Waals surface area contributed by atoms with Crippen molar-refractivity contribution in [2.75, 3.05) is 23.9 Å². The molecule has 3 rings (SSSR count). The molecule has 0 saturated carbocycles. The van der Waals surface area contributed by atoms with E-state index in [1.165, 1.54) is 19.4 Å². The molecule has 0 spiro atoms. The fourth-order valence-corrected chi connectivity index (χ4v) is 3.26. The number of hydrogen-bond acceptors (Lipinski definition) is 5. The molecule has 1 fully saturated rings. The standard InChI is InChI=1S/C21H25N3O5/c1-13(2)19(23-20(26)16-6-5-11-29-16)21(27)22-14-8-9-15(17(12-14)28-3)24-10-4-7-18(24)25/h5-6,8-9,11-13,19H,4,7,10H2,1-3H3,(H,22,27)(H,23,26)/t19-/m0/s1. The molecule has 154 valence electrons. The molecule has 1 saturated heterocycles. The first-order chi connectivity index (χ1) is 13.9. The van der Waals surface area contributed by atoms with Crippen molar-refractivity contribution in [1.29, 1.82) is 0 Å². The zero-order chi connectivity index (χ0) is 21.0. The molecule has 2 N–H and O–H groups in total. The summed E-state index contributed by atoms with van der Waals surface area (Å²) < 4.78 is 10.5. The van der Waals surface area contributed by atoms with Crippen molar-refractivity contribution in [3.63, 3.8) is 0 Å². The van der Waals surface area contributed by atoms with Crippen molar-refractivity contribution in [2.24, 2.45) is 5.92 Å². The van der Waals surface area contributed by atoms with Gasteiger partial charge in [-0.3, -0.25) is 14.4 Å². The summed E-state index contributed by atoms with van der Waals surface area (Å²) in [4.78, 5) is 38.8. The van der Waals surface area contributed by atoms with Crippen LogP contribution in [0.2, 0.25) is 0 Å². The highest BCUT2D eigenvalue weighted by molar-refractivity contribution is 6.01. The Hall–Kier alpha value is -3.29. The van der Waals surface area contributed by atoms with Crippen LogP contribution in [0.3, 0.4) is 0 Å². The third-order valence-corrected chi connectivity index (χ3v) is 4.79. The van der Waals surface area contributed by atoms with Crippen molar-refractivity contribution in [3.05, 3.63) is 42.4 Å². The molecular formula is C21H25N3O5. The number of nitrogens with zero attached hydrogens (tertiary/aromatic N) is 1. The Kier molecular flexibility index (Phi) is 6.21. The van der Waals surface area contributed by atoms with Crippen LogP contribution in [0.4, 0.5) is 11.4 Å². The fourth-order valence-electron chi connectivity index (χ4n) is 3.26. The van der Waals surface area contributed by atoms with Crippen molar-refractivity contribution in [2.45, 2.75) is 32.7 Å². The number of ether oxygens (including phenoxy) is 1. The van der Waals surface area contributed by atoms with Gasteiger partial charge < -0.3 is 24.7 Å². The van der Waals surface area contributed by atoms with E-state index >= 15 is 0 Å². The number of hydrogen-bond donors (Lipinski definition) is 2. The lowest BCUT2D eigenvalue weighted by Gasteiger charge is -2.22. The molecule has 1 aliphatic heterocycles. The van der Waals surface area contributed by atoms with E-state index in [1.807, 2.05) is 13.8 Å². The van der Waals surface area contributed by atoms with E-state index in [2.05, 4.69) is 10.6 Å². The molecule has 2 heterocycles. The minimum atomic E-state index is -0.751. The van der Waals surface area contributed by atoms with Gasteiger partial charge in [0, 0.05) is 24.7 Å². The molecule has 0 aliphatic carbocycles. The zero-order valence-corrected chi connectivity index (χ0v) is 16.7. The first-order valence-corrected chi connectivity index (χ1v) is 9.54. The average Bonchev–Trinajstić information content (AvgIpc) is 3.37. The van der Waals surface area contributed by atoms with Gasteiger partial charge >= 0.3 is 0 Å². The van der Waals surface area contributed by atoms with Gasteiger partial charge in [-0.25, -0.2) is 0 Å². The maximum Gasteiger partial charge on any atom is 0.287 e. The number of benzene rings is 1. The topological polar surface area (TPSA) is 101 Å². The summed E-state index contributed by atoms with van der Waals surface area (Å²) in [5.74, 6) is -0.252. The zero-order valence-electron chi connectivity index (χ0n) is 16.7. The van der Waals surface area contributed by atoms with Crippen molar-refractivity contribution in [1.82, 2.24) is 5.32 Å². The van der Waals surface area contributed by atoms with Crippen molar-refractivity contribution in [3.8, 4) is 5.75 Å². The highest BCUT2D eigenvalue weighted by Gasteiger charge is 2.27. The monoisotopic (exact) mass is 399 g/mol. The molecular weight excluding hydrogens is 374 g/mol. The predicted octanol–water partition coefficient (Wildman–Crippen LogP) is 2.81. The third-order valence-electron chi connectivity index (χ3n) is 4.79. The van der Waals surface area contributed by atoms with Gasteiger partial charge in [-0.15, -0.1) is 0 Å². The van der Waals surface area contributed by atoms with Gasteiger partial charge in [-0.1, -0.05) is 13.8 Å². The highest BCUT2D eigenvalue weighted by Crippen LogP contribution is 2.33. The molecule has 1 aromatic heterocycles. The lowest BCUT2D eigenvalue weighted by Crippen LogP contribution is -2.47. The average molecular weight is 399 g/mol. The number of methoxy groups -OCH3 is 1. The van der Waals surface area contributed by atoms with E-state index in [4.69, 9.17) is 9.15 Å². The van der Waals surface area contributed by atoms with Crippen LogP contribution in [0.15, 0.2) is 41.0 Å². The van der Waals surface area contributed by atoms with Gasteiger partial charge in [0.1, 0.15) is 11.8 Å². The van der Waals surface area contributed by atoms with Crippen molar-refractivity contribution < 1.29 is 23.5 Å². The van der Waals surface area contributed by atoms with E-state index in [-0.39, 0.29) is 23.5 Å². The summed E-state index contributed by atoms with van der Waals surface area (Å²) in [5, 5.41) is 5.51. The van der Waals surface area contributed by atoms with Crippen LogP contribution in [0.1, 0.15) is 37.2 Å². The SMILES string of the molecule is COc1cc(NC(=O)[C@@H](NC(=O)c2ccco2)C(C)C)ccc1N1CCCC1=O. The van der Waals surface area contributed by atoms with Gasteiger partial charge in [0.2, 0.25) is 11.8 Å². The Morgan fingerprint density at radius 1 is 1.24 bits per heavy atom. The molecule has 29 heavy (non-hydrogen) atoms. The molecule has 0 unspecified atom stereocenters. The van der Waals surface area contributed by atoms with E-state index < -0.39 is 11.9 Å². The summed E-state index contributed by atoms with van der Waals surface area (Å²) in [6.45, 7) is 4.33. The van der Waals surface area contributed by atoms with E-state index in [9.17, 15) is 14.4 Å². The Balaban J connectivity index is 1.74. The lowest BCUT2D eigenvalue weighted by atomic mass is 10.0. The molecule has 8 nitrogen and oxygen atoms in total. The quantitative estimate of drug-likeness (QED) is 0.746. The number of carbonyl (C=O) groups is 3. The minimum absolute atomic E-state index is 0.0561. The second-order valence-corrected chi connectivity index (χ2v) is 7.20. The van der Waals surface area contributed by atoms with Gasteiger partial charge in [0.05, 0.1) is 19.1 Å². The van der Waals surface area contributed by atoms with Crippen LogP contribution < -0.4 is 20.3 Å². The highest BCUT2D eigenvalue weighted by atomic mass is 16.5. The Labute approximate surface area is 169 Å². The summed E-state index contributed by atoms with van der Waals surface area (Å²) in [5.41, 5.74) is 1.19. The maximum absolute atomic E-state index is 12.8. The van der Waals surface area contributed by atoms with Gasteiger partial charge in [0.15, 0.2) is 5.76 Å². The van der Waals surface area contributed by atoms with Crippen LogP contribution in [-0.2, 0) is 9.59 Å². The van der Waals surface area contributed by atoms with Gasteiger partial charge in [-0.2, -0.15) is 0 Å². The number of anilines is 2. The lowest BCUT2D eigenvalue weighted by molar-refractivity contribution is -0.119. The number of furan rings is 1. The molecule has 0 radical (unpaired) electrons. The summed E-state index contributed by atoms with van der Waals surface area (Å²) in [7, 11) is 1.52. The smallest absolute Gasteiger partial charge is 0.287 e. The number of carbonyl (C=O) groups excluding carboxylic acids is 3. The van der Waals surface area contributed by atoms with Crippen LogP contribution in [-0.4, -0.2) is 37.4 Å². The third kappa shape index (κ3) is 4.59. The molecule has 2 aromatic rings. The number of rotatable bonds is 7. The van der Waals surface area contributed by atoms with Gasteiger partial charge in [0.25, 0.3) is 5.91 Å². The fraction of sp³-hybridized carbons (Fsp3) is 0.381. The molecule has 1 aromatic carbocycles. The van der Waals surface area contributed by atoms with Gasteiger partial charge in [-0.05, 0) is 36.6 Å². The molecule has 8 heteroatoms. The van der Waals surface area contributed by atoms with E-state index in [0.29, 0.717) is 30.1 Å². The number of nitrogens with one attached hydrogen (secondary N) is 2. The Morgan fingerprint density at radius 2 is 2.03 bits per heavy atom. The van der Waals surface area contributed by atoms with E-state index in [0.717, 1.165) is 6.42 Å². The van der Waals surface area contributed by atoms with Crippen LogP contribution in [0.5, 0.6) is 5.75 Å². The minimum Gasteiger partial charge on any atom is -0.494 e. The largest absolute Gasteiger partial charge is 0.494 e. The Morgan fingerprint density at radius 3 is 2.62 bits per heavy atom. The van der Waals surface area contributed by atoms with Crippen LogP contribution >= 0.6 is 0 Å². The molecule has 3 amide bonds. The summed E-state index contributed by atoms with van der Waals surface area (Å²) in [6.07, 6.45) is 2.73.